The van der Waals surface area contributed by atoms with E-state index in [1.165, 1.54) is 0 Å². The van der Waals surface area contributed by atoms with Gasteiger partial charge in [-0.3, -0.25) is 9.59 Å². The number of ether oxygens (including phenoxy) is 2. The second kappa shape index (κ2) is 7.60. The van der Waals surface area contributed by atoms with Crippen LogP contribution in [0.2, 0.25) is 0 Å². The Kier molecular flexibility index (Phi) is 5.26. The summed E-state index contributed by atoms with van der Waals surface area (Å²) in [6.07, 6.45) is 2.35. The quantitative estimate of drug-likeness (QED) is 0.454. The van der Waals surface area contributed by atoms with Gasteiger partial charge in [-0.05, 0) is 38.0 Å². The van der Waals surface area contributed by atoms with Crippen LogP contribution in [0.25, 0.3) is 0 Å². The molecule has 136 valence electrons. The number of hydrogen-bond acceptors (Lipinski definition) is 4. The molecular formula is C21H23NO4. The van der Waals surface area contributed by atoms with E-state index in [2.05, 4.69) is 6.58 Å². The number of hydrogen-bond donors (Lipinski definition) is 0. The number of rotatable bonds is 6. The molecule has 2 heterocycles. The highest BCUT2D eigenvalue weighted by Crippen LogP contribution is 2.27. The third-order valence-corrected chi connectivity index (χ3v) is 4.74. The van der Waals surface area contributed by atoms with Crippen LogP contribution >= 0.6 is 0 Å². The van der Waals surface area contributed by atoms with Gasteiger partial charge in [0.25, 0.3) is 0 Å². The molecule has 1 aliphatic rings. The SMILES string of the molecule is C=CCn1c(C)cc(C(=O)COC(=O)C2COc3ccccc3C2)c1C. The molecule has 0 aliphatic carbocycles. The van der Waals surface area contributed by atoms with Crippen molar-refractivity contribution in [1.82, 2.24) is 4.57 Å². The average Bonchev–Trinajstić information content (AvgIpc) is 2.94. The van der Waals surface area contributed by atoms with Gasteiger partial charge in [-0.2, -0.15) is 0 Å². The molecule has 0 saturated heterocycles. The average molecular weight is 353 g/mol. The molecular weight excluding hydrogens is 330 g/mol. The topological polar surface area (TPSA) is 57.5 Å². The molecule has 2 aromatic rings. The fourth-order valence-electron chi connectivity index (χ4n) is 3.31. The number of nitrogens with zero attached hydrogens (tertiary/aromatic N) is 1. The van der Waals surface area contributed by atoms with Crippen molar-refractivity contribution < 1.29 is 19.1 Å². The van der Waals surface area contributed by atoms with Crippen LogP contribution in [0.5, 0.6) is 5.75 Å². The summed E-state index contributed by atoms with van der Waals surface area (Å²) in [5.74, 6) is -0.167. The number of esters is 1. The van der Waals surface area contributed by atoms with E-state index in [4.69, 9.17) is 9.47 Å². The van der Waals surface area contributed by atoms with E-state index in [9.17, 15) is 9.59 Å². The lowest BCUT2D eigenvalue weighted by molar-refractivity contribution is -0.148. The molecule has 1 aliphatic heterocycles. The van der Waals surface area contributed by atoms with Crippen molar-refractivity contribution in [1.29, 1.82) is 0 Å². The molecule has 5 nitrogen and oxygen atoms in total. The zero-order valence-corrected chi connectivity index (χ0v) is 15.2. The van der Waals surface area contributed by atoms with Crippen LogP contribution in [0.3, 0.4) is 0 Å². The summed E-state index contributed by atoms with van der Waals surface area (Å²) in [4.78, 5) is 24.8. The molecule has 0 amide bonds. The molecule has 26 heavy (non-hydrogen) atoms. The van der Waals surface area contributed by atoms with Crippen molar-refractivity contribution in [2.45, 2.75) is 26.8 Å². The van der Waals surface area contributed by atoms with Gasteiger partial charge in [0.1, 0.15) is 12.4 Å². The van der Waals surface area contributed by atoms with Gasteiger partial charge in [0.2, 0.25) is 5.78 Å². The minimum Gasteiger partial charge on any atom is -0.492 e. The normalized spacial score (nSPS) is 15.7. The monoisotopic (exact) mass is 353 g/mol. The summed E-state index contributed by atoms with van der Waals surface area (Å²) in [5, 5.41) is 0. The van der Waals surface area contributed by atoms with Gasteiger partial charge in [-0.1, -0.05) is 24.3 Å². The molecule has 0 radical (unpaired) electrons. The van der Waals surface area contributed by atoms with Gasteiger partial charge >= 0.3 is 5.97 Å². The van der Waals surface area contributed by atoms with Crippen molar-refractivity contribution in [2.24, 2.45) is 5.92 Å². The van der Waals surface area contributed by atoms with E-state index in [1.807, 2.05) is 48.7 Å². The van der Waals surface area contributed by atoms with Crippen molar-refractivity contribution >= 4 is 11.8 Å². The van der Waals surface area contributed by atoms with Gasteiger partial charge in [0.05, 0.1) is 5.92 Å². The van der Waals surface area contributed by atoms with Crippen LogP contribution in [0, 0.1) is 19.8 Å². The first kappa shape index (κ1) is 18.0. The maximum Gasteiger partial charge on any atom is 0.313 e. The third kappa shape index (κ3) is 3.57. The Labute approximate surface area is 153 Å². The zero-order valence-electron chi connectivity index (χ0n) is 15.2. The van der Waals surface area contributed by atoms with Crippen LogP contribution in [-0.2, 0) is 22.5 Å². The molecule has 0 bridgehead atoms. The number of aromatic nitrogens is 1. The standard InChI is InChI=1S/C21H23NO4/c1-4-9-22-14(2)10-18(15(22)3)19(23)13-26-21(24)17-11-16-7-5-6-8-20(16)25-12-17/h4-8,10,17H,1,9,11-13H2,2-3H3. The summed E-state index contributed by atoms with van der Waals surface area (Å²) in [7, 11) is 0. The van der Waals surface area contributed by atoms with E-state index in [0.29, 0.717) is 18.5 Å². The van der Waals surface area contributed by atoms with E-state index in [1.54, 1.807) is 6.08 Å². The fourth-order valence-corrected chi connectivity index (χ4v) is 3.31. The number of aryl methyl sites for hydroxylation is 1. The molecule has 0 N–H and O–H groups in total. The first-order valence-corrected chi connectivity index (χ1v) is 8.69. The van der Waals surface area contributed by atoms with Crippen LogP contribution in [-0.4, -0.2) is 29.5 Å². The Morgan fingerprint density at radius 1 is 1.35 bits per heavy atom. The molecule has 3 rings (SSSR count). The zero-order chi connectivity index (χ0) is 18.7. The van der Waals surface area contributed by atoms with Crippen molar-refractivity contribution in [3.05, 3.63) is 65.5 Å². The van der Waals surface area contributed by atoms with Gasteiger partial charge in [-0.25, -0.2) is 0 Å². The Balaban J connectivity index is 1.61. The molecule has 0 saturated carbocycles. The summed E-state index contributed by atoms with van der Waals surface area (Å²) >= 11 is 0. The second-order valence-electron chi connectivity index (χ2n) is 6.53. The van der Waals surface area contributed by atoms with Crippen LogP contribution < -0.4 is 4.74 Å². The highest BCUT2D eigenvalue weighted by Gasteiger charge is 2.28. The number of para-hydroxylation sites is 1. The van der Waals surface area contributed by atoms with Gasteiger partial charge in [0.15, 0.2) is 6.61 Å². The fraction of sp³-hybridized carbons (Fsp3) is 0.333. The van der Waals surface area contributed by atoms with Gasteiger partial charge < -0.3 is 14.0 Å². The molecule has 1 aromatic carbocycles. The predicted molar refractivity (Wildman–Crippen MR) is 98.5 cm³/mol. The van der Waals surface area contributed by atoms with E-state index >= 15 is 0 Å². The minimum absolute atomic E-state index is 0.195. The number of carbonyl (C=O) groups is 2. The smallest absolute Gasteiger partial charge is 0.313 e. The van der Waals surface area contributed by atoms with Crippen molar-refractivity contribution in [3.63, 3.8) is 0 Å². The minimum atomic E-state index is -0.396. The summed E-state index contributed by atoms with van der Waals surface area (Å²) in [6, 6.07) is 9.47. The number of carbonyl (C=O) groups excluding carboxylic acids is 2. The predicted octanol–water partition coefficient (Wildman–Crippen LogP) is 3.27. The third-order valence-electron chi connectivity index (χ3n) is 4.74. The molecule has 5 heteroatoms. The van der Waals surface area contributed by atoms with Crippen LogP contribution in [0.15, 0.2) is 43.0 Å². The van der Waals surface area contributed by atoms with Crippen LogP contribution in [0.1, 0.15) is 27.3 Å². The van der Waals surface area contributed by atoms with Crippen molar-refractivity contribution in [3.8, 4) is 5.75 Å². The lowest BCUT2D eigenvalue weighted by Crippen LogP contribution is -2.31. The first-order valence-electron chi connectivity index (χ1n) is 8.69. The van der Waals surface area contributed by atoms with E-state index in [-0.39, 0.29) is 24.9 Å². The lowest BCUT2D eigenvalue weighted by Gasteiger charge is -2.23. The first-order chi connectivity index (χ1) is 12.5. The molecule has 1 aromatic heterocycles. The lowest BCUT2D eigenvalue weighted by atomic mass is 9.97. The number of fused-ring (bicyclic) bond motifs is 1. The highest BCUT2D eigenvalue weighted by molar-refractivity contribution is 5.99. The summed E-state index contributed by atoms with van der Waals surface area (Å²) in [5.41, 5.74) is 3.41. The second-order valence-corrected chi connectivity index (χ2v) is 6.53. The Bertz CT molecular complexity index is 850. The maximum atomic E-state index is 12.5. The molecule has 0 fully saturated rings. The summed E-state index contributed by atoms with van der Waals surface area (Å²) < 4.78 is 12.9. The Morgan fingerprint density at radius 2 is 2.12 bits per heavy atom. The van der Waals surface area contributed by atoms with Crippen molar-refractivity contribution in [2.75, 3.05) is 13.2 Å². The maximum absolute atomic E-state index is 12.5. The molecule has 1 unspecified atom stereocenters. The molecule has 0 spiro atoms. The highest BCUT2D eigenvalue weighted by atomic mass is 16.5. The Hall–Kier alpha value is -2.82. The number of benzene rings is 1. The number of ketones is 1. The van der Waals surface area contributed by atoms with E-state index in [0.717, 1.165) is 22.7 Å². The Morgan fingerprint density at radius 3 is 2.88 bits per heavy atom. The van der Waals surface area contributed by atoms with E-state index < -0.39 is 5.97 Å². The molecule has 1 atom stereocenters. The largest absolute Gasteiger partial charge is 0.492 e. The summed E-state index contributed by atoms with van der Waals surface area (Å²) in [6.45, 7) is 8.22. The number of allylic oxidation sites excluding steroid dienone is 1. The van der Waals surface area contributed by atoms with Crippen LogP contribution in [0.4, 0.5) is 0 Å². The van der Waals surface area contributed by atoms with Gasteiger partial charge in [0, 0.05) is 23.5 Å². The van der Waals surface area contributed by atoms with Gasteiger partial charge in [-0.15, -0.1) is 6.58 Å². The number of Topliss-reactive ketones (excluding diaryl/α,β-unsaturated/α-hetero) is 1.